The Morgan fingerprint density at radius 3 is 2.93 bits per heavy atom. The Bertz CT molecular complexity index is 308. The SMILES string of the molecule is CCCCCOc1ncnc(NN)c1Br. The van der Waals surface area contributed by atoms with Gasteiger partial charge in [0.05, 0.1) is 6.61 Å². The number of hydrogen-bond donors (Lipinski definition) is 2. The van der Waals surface area contributed by atoms with E-state index in [1.54, 1.807) is 0 Å². The molecule has 1 heterocycles. The van der Waals surface area contributed by atoms with Crippen LogP contribution in [0.3, 0.4) is 0 Å². The van der Waals surface area contributed by atoms with E-state index in [9.17, 15) is 0 Å². The number of rotatable bonds is 6. The molecule has 0 aliphatic carbocycles. The minimum Gasteiger partial charge on any atom is -0.477 e. The molecule has 0 saturated carbocycles. The van der Waals surface area contributed by atoms with Crippen molar-refractivity contribution in [2.24, 2.45) is 5.84 Å². The summed E-state index contributed by atoms with van der Waals surface area (Å²) >= 11 is 3.32. The van der Waals surface area contributed by atoms with Crippen LogP contribution >= 0.6 is 15.9 Å². The van der Waals surface area contributed by atoms with Crippen LogP contribution in [0.5, 0.6) is 5.88 Å². The van der Waals surface area contributed by atoms with Crippen LogP contribution in [-0.4, -0.2) is 16.6 Å². The molecule has 1 rings (SSSR count). The van der Waals surface area contributed by atoms with Gasteiger partial charge in [0.1, 0.15) is 10.8 Å². The summed E-state index contributed by atoms with van der Waals surface area (Å²) in [7, 11) is 0. The highest BCUT2D eigenvalue weighted by molar-refractivity contribution is 9.10. The summed E-state index contributed by atoms with van der Waals surface area (Å²) in [5.41, 5.74) is 2.46. The number of hydrogen-bond acceptors (Lipinski definition) is 5. The van der Waals surface area contributed by atoms with Crippen molar-refractivity contribution in [3.63, 3.8) is 0 Å². The minimum absolute atomic E-state index is 0.522. The van der Waals surface area contributed by atoms with E-state index in [4.69, 9.17) is 10.6 Å². The topological polar surface area (TPSA) is 73.1 Å². The molecule has 15 heavy (non-hydrogen) atoms. The molecule has 3 N–H and O–H groups in total. The highest BCUT2D eigenvalue weighted by Gasteiger charge is 2.08. The molecule has 0 aliphatic rings. The fraction of sp³-hybridized carbons (Fsp3) is 0.556. The maximum Gasteiger partial charge on any atom is 0.233 e. The van der Waals surface area contributed by atoms with Crippen molar-refractivity contribution in [3.05, 3.63) is 10.8 Å². The molecule has 6 heteroatoms. The van der Waals surface area contributed by atoms with Crippen molar-refractivity contribution in [1.29, 1.82) is 0 Å². The number of ether oxygens (including phenoxy) is 1. The number of nitrogens with two attached hydrogens (primary N) is 1. The first-order valence-electron chi connectivity index (χ1n) is 4.89. The Labute approximate surface area is 97.5 Å². The van der Waals surface area contributed by atoms with Crippen molar-refractivity contribution in [1.82, 2.24) is 9.97 Å². The van der Waals surface area contributed by atoms with Gasteiger partial charge in [-0.2, -0.15) is 0 Å². The van der Waals surface area contributed by atoms with E-state index in [1.807, 2.05) is 0 Å². The smallest absolute Gasteiger partial charge is 0.233 e. The number of unbranched alkanes of at least 4 members (excludes halogenated alkanes) is 2. The lowest BCUT2D eigenvalue weighted by atomic mass is 10.3. The van der Waals surface area contributed by atoms with Crippen LogP contribution < -0.4 is 16.0 Å². The quantitative estimate of drug-likeness (QED) is 0.472. The van der Waals surface area contributed by atoms with E-state index in [0.29, 0.717) is 22.8 Å². The summed E-state index contributed by atoms with van der Waals surface area (Å²) in [4.78, 5) is 7.94. The summed E-state index contributed by atoms with van der Waals surface area (Å²) in [5.74, 6) is 6.32. The van der Waals surface area contributed by atoms with Crippen LogP contribution in [0.4, 0.5) is 5.82 Å². The molecule has 0 atom stereocenters. The molecule has 84 valence electrons. The maximum absolute atomic E-state index is 5.49. The second-order valence-electron chi connectivity index (χ2n) is 3.04. The van der Waals surface area contributed by atoms with Gasteiger partial charge in [-0.25, -0.2) is 15.8 Å². The summed E-state index contributed by atoms with van der Waals surface area (Å²) in [5, 5.41) is 0. The van der Waals surface area contributed by atoms with Crippen molar-refractivity contribution in [2.75, 3.05) is 12.0 Å². The lowest BCUT2D eigenvalue weighted by Crippen LogP contribution is -2.10. The first-order valence-corrected chi connectivity index (χ1v) is 5.68. The largest absolute Gasteiger partial charge is 0.477 e. The highest BCUT2D eigenvalue weighted by Crippen LogP contribution is 2.27. The number of hydrazine groups is 1. The maximum atomic E-state index is 5.49. The van der Waals surface area contributed by atoms with E-state index in [-0.39, 0.29) is 0 Å². The van der Waals surface area contributed by atoms with Crippen LogP contribution in [0.1, 0.15) is 26.2 Å². The average molecular weight is 275 g/mol. The van der Waals surface area contributed by atoms with Crippen LogP contribution in [-0.2, 0) is 0 Å². The first kappa shape index (κ1) is 12.2. The predicted octanol–water partition coefficient (Wildman–Crippen LogP) is 2.09. The average Bonchev–Trinajstić information content (AvgIpc) is 2.26. The standard InChI is InChI=1S/C9H15BrN4O/c1-2-3-4-5-15-9-7(10)8(14-11)12-6-13-9/h6H,2-5,11H2,1H3,(H,12,13,14). The summed E-state index contributed by atoms with van der Waals surface area (Å²) in [6.07, 6.45) is 4.77. The number of aromatic nitrogens is 2. The van der Waals surface area contributed by atoms with E-state index < -0.39 is 0 Å². The monoisotopic (exact) mass is 274 g/mol. The summed E-state index contributed by atoms with van der Waals surface area (Å²) < 4.78 is 6.14. The van der Waals surface area contributed by atoms with Gasteiger partial charge in [0.15, 0.2) is 5.82 Å². The van der Waals surface area contributed by atoms with Crippen LogP contribution in [0, 0.1) is 0 Å². The van der Waals surface area contributed by atoms with E-state index in [1.165, 1.54) is 12.7 Å². The highest BCUT2D eigenvalue weighted by atomic mass is 79.9. The second-order valence-corrected chi connectivity index (χ2v) is 3.83. The van der Waals surface area contributed by atoms with Crippen LogP contribution in [0.15, 0.2) is 10.8 Å². The predicted molar refractivity (Wildman–Crippen MR) is 62.6 cm³/mol. The lowest BCUT2D eigenvalue weighted by Gasteiger charge is -2.08. The molecule has 0 bridgehead atoms. The Balaban J connectivity index is 2.53. The second kappa shape index (κ2) is 6.58. The molecule has 1 aromatic rings. The zero-order chi connectivity index (χ0) is 11.1. The third-order valence-electron chi connectivity index (χ3n) is 1.88. The molecular weight excluding hydrogens is 260 g/mol. The summed E-state index contributed by atoms with van der Waals surface area (Å²) in [6, 6.07) is 0. The molecule has 0 unspecified atom stereocenters. The fourth-order valence-electron chi connectivity index (χ4n) is 1.08. The van der Waals surface area contributed by atoms with Crippen LogP contribution in [0.2, 0.25) is 0 Å². The Kier molecular flexibility index (Phi) is 5.34. The number of anilines is 1. The third-order valence-corrected chi connectivity index (χ3v) is 2.60. The van der Waals surface area contributed by atoms with Gasteiger partial charge in [-0.1, -0.05) is 19.8 Å². The van der Waals surface area contributed by atoms with Crippen molar-refractivity contribution in [3.8, 4) is 5.88 Å². The Morgan fingerprint density at radius 1 is 1.47 bits per heavy atom. The number of nitrogen functional groups attached to an aromatic ring is 1. The normalized spacial score (nSPS) is 10.1. The van der Waals surface area contributed by atoms with Gasteiger partial charge in [-0.05, 0) is 22.4 Å². The molecule has 0 spiro atoms. The van der Waals surface area contributed by atoms with E-state index in [2.05, 4.69) is 38.2 Å². The number of nitrogens with one attached hydrogen (secondary N) is 1. The van der Waals surface area contributed by atoms with Gasteiger partial charge in [0.25, 0.3) is 0 Å². The number of nitrogens with zero attached hydrogens (tertiary/aromatic N) is 2. The zero-order valence-electron chi connectivity index (χ0n) is 8.66. The minimum atomic E-state index is 0.522. The fourth-order valence-corrected chi connectivity index (χ4v) is 1.51. The van der Waals surface area contributed by atoms with Gasteiger partial charge < -0.3 is 10.2 Å². The molecule has 0 saturated heterocycles. The zero-order valence-corrected chi connectivity index (χ0v) is 10.2. The van der Waals surface area contributed by atoms with Gasteiger partial charge in [0.2, 0.25) is 5.88 Å². The van der Waals surface area contributed by atoms with Crippen LogP contribution in [0.25, 0.3) is 0 Å². The molecule has 0 radical (unpaired) electrons. The van der Waals surface area contributed by atoms with E-state index in [0.717, 1.165) is 12.8 Å². The Hall–Kier alpha value is -0.880. The Morgan fingerprint density at radius 2 is 2.27 bits per heavy atom. The number of halogens is 1. The van der Waals surface area contributed by atoms with Crippen molar-refractivity contribution < 1.29 is 4.74 Å². The molecule has 0 amide bonds. The third kappa shape index (κ3) is 3.64. The lowest BCUT2D eigenvalue weighted by molar-refractivity contribution is 0.292. The molecule has 0 aromatic carbocycles. The van der Waals surface area contributed by atoms with Gasteiger partial charge in [-0.15, -0.1) is 0 Å². The van der Waals surface area contributed by atoms with Gasteiger partial charge in [0, 0.05) is 0 Å². The molecule has 0 aliphatic heterocycles. The van der Waals surface area contributed by atoms with Gasteiger partial charge >= 0.3 is 0 Å². The summed E-state index contributed by atoms with van der Waals surface area (Å²) in [6.45, 7) is 2.81. The van der Waals surface area contributed by atoms with E-state index >= 15 is 0 Å². The molecule has 5 nitrogen and oxygen atoms in total. The van der Waals surface area contributed by atoms with Gasteiger partial charge in [-0.3, -0.25) is 0 Å². The first-order chi connectivity index (χ1) is 7.29. The van der Waals surface area contributed by atoms with Crippen molar-refractivity contribution >= 4 is 21.7 Å². The molecular formula is C9H15BrN4O. The molecule has 0 fully saturated rings. The van der Waals surface area contributed by atoms with Crippen molar-refractivity contribution in [2.45, 2.75) is 26.2 Å². The molecule has 1 aromatic heterocycles.